The molecule has 3 unspecified atom stereocenters. The number of aliphatic hydroxyl groups excluding tert-OH is 1. The van der Waals surface area contributed by atoms with Crippen LogP contribution in [0.25, 0.3) is 0 Å². The first-order valence-corrected chi connectivity index (χ1v) is 31.7. The fourth-order valence-corrected chi connectivity index (χ4v) is 9.89. The summed E-state index contributed by atoms with van der Waals surface area (Å²) in [5, 5.41) is 14.0. The van der Waals surface area contributed by atoms with Crippen LogP contribution >= 0.6 is 7.82 Å². The van der Waals surface area contributed by atoms with Crippen molar-refractivity contribution in [3.05, 3.63) is 24.3 Å². The second-order valence-corrected chi connectivity index (χ2v) is 23.5. The molecule has 9 heteroatoms. The zero-order valence-electron chi connectivity index (χ0n) is 46.8. The topological polar surface area (TPSA) is 105 Å². The molecule has 0 saturated carbocycles. The first-order chi connectivity index (χ1) is 33.5. The van der Waals surface area contributed by atoms with Crippen molar-refractivity contribution in [2.24, 2.45) is 0 Å². The second-order valence-electron chi connectivity index (χ2n) is 22.1. The van der Waals surface area contributed by atoms with Crippen molar-refractivity contribution in [1.82, 2.24) is 5.32 Å². The lowest BCUT2D eigenvalue weighted by atomic mass is 10.0. The molecule has 3 atom stereocenters. The van der Waals surface area contributed by atoms with Gasteiger partial charge in [-0.15, -0.1) is 0 Å². The van der Waals surface area contributed by atoms with Gasteiger partial charge in [-0.3, -0.25) is 13.8 Å². The number of hydrogen-bond acceptors (Lipinski definition) is 5. The number of allylic oxidation sites excluding steroid dienone is 3. The minimum absolute atomic E-state index is 0.0633. The zero-order valence-corrected chi connectivity index (χ0v) is 47.7. The summed E-state index contributed by atoms with van der Waals surface area (Å²) in [5.74, 6) is -0.173. The van der Waals surface area contributed by atoms with Crippen molar-refractivity contribution in [3.63, 3.8) is 0 Å². The number of phosphoric acid groups is 1. The van der Waals surface area contributed by atoms with E-state index in [4.69, 9.17) is 9.05 Å². The quantitative estimate of drug-likeness (QED) is 0.0243. The van der Waals surface area contributed by atoms with Crippen molar-refractivity contribution >= 4 is 13.7 Å². The van der Waals surface area contributed by atoms with Crippen LogP contribution in [0.2, 0.25) is 0 Å². The summed E-state index contributed by atoms with van der Waals surface area (Å²) in [7, 11) is 1.58. The maximum atomic E-state index is 13.0. The number of likely N-dealkylation sites (N-methyl/N-ethyl adjacent to an activating group) is 1. The van der Waals surface area contributed by atoms with Gasteiger partial charge in [0.25, 0.3) is 0 Å². The molecule has 0 bridgehead atoms. The number of phosphoric ester groups is 1. The van der Waals surface area contributed by atoms with Crippen molar-refractivity contribution in [2.75, 3.05) is 40.9 Å². The highest BCUT2D eigenvalue weighted by Crippen LogP contribution is 2.43. The molecule has 8 nitrogen and oxygen atoms in total. The van der Waals surface area contributed by atoms with Crippen LogP contribution in [0.3, 0.4) is 0 Å². The molecule has 0 aromatic rings. The number of nitrogens with one attached hydrogen (secondary N) is 1. The smallest absolute Gasteiger partial charge is 0.387 e. The Bertz CT molecular complexity index is 1170. The van der Waals surface area contributed by atoms with E-state index in [-0.39, 0.29) is 19.1 Å². The van der Waals surface area contributed by atoms with Crippen LogP contribution in [-0.2, 0) is 18.4 Å². The molecule has 0 aromatic carbocycles. The van der Waals surface area contributed by atoms with Gasteiger partial charge in [-0.05, 0) is 44.9 Å². The maximum absolute atomic E-state index is 13.0. The van der Waals surface area contributed by atoms with Crippen LogP contribution < -0.4 is 5.32 Å². The average Bonchev–Trinajstić information content (AvgIpc) is 3.31. The Morgan fingerprint density at radius 1 is 0.478 bits per heavy atom. The number of quaternary nitrogens is 1. The summed E-state index contributed by atoms with van der Waals surface area (Å²) in [5.41, 5.74) is 0. The van der Waals surface area contributed by atoms with Crippen molar-refractivity contribution in [3.8, 4) is 0 Å². The Labute approximate surface area is 430 Å². The van der Waals surface area contributed by atoms with Gasteiger partial charge in [-0.2, -0.15) is 0 Å². The molecule has 69 heavy (non-hydrogen) atoms. The monoisotopic (exact) mass is 996 g/mol. The molecule has 1 amide bonds. The molecule has 3 N–H and O–H groups in total. The molecule has 0 radical (unpaired) electrons. The van der Waals surface area contributed by atoms with E-state index in [1.165, 1.54) is 250 Å². The Morgan fingerprint density at radius 3 is 1.12 bits per heavy atom. The molecule has 0 aliphatic heterocycles. The highest BCUT2D eigenvalue weighted by Gasteiger charge is 2.27. The van der Waals surface area contributed by atoms with Crippen molar-refractivity contribution < 1.29 is 32.9 Å². The summed E-state index contributed by atoms with van der Waals surface area (Å²) >= 11 is 0. The fraction of sp³-hybridized carbons (Fsp3) is 0.917. The van der Waals surface area contributed by atoms with Crippen LogP contribution in [-0.4, -0.2) is 73.4 Å². The highest BCUT2D eigenvalue weighted by atomic mass is 31.2. The summed E-state index contributed by atoms with van der Waals surface area (Å²) in [4.78, 5) is 23.3. The zero-order chi connectivity index (χ0) is 50.6. The highest BCUT2D eigenvalue weighted by molar-refractivity contribution is 7.47. The van der Waals surface area contributed by atoms with Crippen molar-refractivity contribution in [1.29, 1.82) is 0 Å². The number of unbranched alkanes of at least 4 members (excludes halogenated alkanes) is 41. The lowest BCUT2D eigenvalue weighted by Gasteiger charge is -2.25. The predicted octanol–water partition coefficient (Wildman–Crippen LogP) is 18.4. The van der Waals surface area contributed by atoms with Crippen LogP contribution in [0.5, 0.6) is 0 Å². The lowest BCUT2D eigenvalue weighted by molar-refractivity contribution is -0.870. The van der Waals surface area contributed by atoms with Gasteiger partial charge in [0.15, 0.2) is 0 Å². The number of amides is 1. The first kappa shape index (κ1) is 68.0. The van der Waals surface area contributed by atoms with Crippen LogP contribution in [0.4, 0.5) is 0 Å². The minimum Gasteiger partial charge on any atom is -0.387 e. The molecule has 0 saturated heterocycles. The minimum atomic E-state index is -4.35. The van der Waals surface area contributed by atoms with E-state index in [0.717, 1.165) is 32.1 Å². The Morgan fingerprint density at radius 2 is 0.783 bits per heavy atom. The molecule has 0 aliphatic rings. The number of carbonyl (C=O) groups is 1. The standard InChI is InChI=1S/C60H119N2O6P/c1-6-8-10-12-14-16-18-20-22-24-26-28-30-32-33-35-37-39-41-43-45-47-49-51-53-59(63)58(57-68-69(65,66)67-56-55-62(3,4)5)61-60(64)54-52-50-48-46-44-42-40-38-36-34-31-29-27-25-23-21-19-17-15-13-11-9-7-2/h25,27,51,53,58-59,63H,6-24,26,28-50,52,54-57H2,1-5H3,(H-,61,64,65,66)/p+1/b27-25-,53-51+. The molecule has 0 rings (SSSR count). The van der Waals surface area contributed by atoms with E-state index >= 15 is 0 Å². The molecule has 0 fully saturated rings. The summed E-state index contributed by atoms with van der Waals surface area (Å²) in [6.45, 7) is 4.86. The molecular weight excluding hydrogens is 876 g/mol. The third-order valence-electron chi connectivity index (χ3n) is 13.9. The fourth-order valence-electron chi connectivity index (χ4n) is 9.16. The third-order valence-corrected chi connectivity index (χ3v) is 14.9. The summed E-state index contributed by atoms with van der Waals surface area (Å²) in [6.07, 6.45) is 65.7. The lowest BCUT2D eigenvalue weighted by Crippen LogP contribution is -2.45. The average molecular weight is 997 g/mol. The van der Waals surface area contributed by atoms with Gasteiger partial charge in [0.05, 0.1) is 39.9 Å². The number of hydrogen-bond donors (Lipinski definition) is 3. The molecule has 0 spiro atoms. The van der Waals surface area contributed by atoms with E-state index in [2.05, 4.69) is 31.3 Å². The van der Waals surface area contributed by atoms with E-state index in [9.17, 15) is 19.4 Å². The van der Waals surface area contributed by atoms with Gasteiger partial charge in [0.2, 0.25) is 5.91 Å². The van der Waals surface area contributed by atoms with E-state index in [0.29, 0.717) is 17.4 Å². The van der Waals surface area contributed by atoms with Gasteiger partial charge in [-0.1, -0.05) is 276 Å². The summed E-state index contributed by atoms with van der Waals surface area (Å²) < 4.78 is 23.7. The van der Waals surface area contributed by atoms with Gasteiger partial charge in [0, 0.05) is 6.42 Å². The maximum Gasteiger partial charge on any atom is 0.472 e. The number of aliphatic hydroxyl groups is 1. The van der Waals surface area contributed by atoms with E-state index in [1.807, 2.05) is 27.2 Å². The molecule has 0 heterocycles. The van der Waals surface area contributed by atoms with Gasteiger partial charge < -0.3 is 19.8 Å². The number of rotatable bonds is 56. The third kappa shape index (κ3) is 54.6. The molecule has 0 aliphatic carbocycles. The van der Waals surface area contributed by atoms with E-state index in [1.54, 1.807) is 6.08 Å². The number of nitrogens with zero attached hydrogens (tertiary/aromatic N) is 1. The Hall–Kier alpha value is -1.02. The van der Waals surface area contributed by atoms with Gasteiger partial charge in [-0.25, -0.2) is 4.57 Å². The van der Waals surface area contributed by atoms with Gasteiger partial charge >= 0.3 is 7.82 Å². The Kier molecular flexibility index (Phi) is 51.1. The van der Waals surface area contributed by atoms with E-state index < -0.39 is 20.0 Å². The predicted molar refractivity (Wildman–Crippen MR) is 300 cm³/mol. The van der Waals surface area contributed by atoms with Crippen LogP contribution in [0.1, 0.15) is 303 Å². The first-order valence-electron chi connectivity index (χ1n) is 30.2. The normalized spacial score (nSPS) is 14.0. The van der Waals surface area contributed by atoms with Gasteiger partial charge in [0.1, 0.15) is 13.2 Å². The summed E-state index contributed by atoms with van der Waals surface area (Å²) in [6, 6.07) is -0.846. The molecular formula is C60H120N2O6P+. The molecule has 0 aromatic heterocycles. The van der Waals surface area contributed by atoms with Crippen LogP contribution in [0, 0.1) is 0 Å². The second kappa shape index (κ2) is 51.9. The molecule has 410 valence electrons. The Balaban J connectivity index is 4.17. The largest absolute Gasteiger partial charge is 0.472 e. The van der Waals surface area contributed by atoms with Crippen LogP contribution in [0.15, 0.2) is 24.3 Å². The van der Waals surface area contributed by atoms with Crippen molar-refractivity contribution in [2.45, 2.75) is 315 Å². The number of carbonyl (C=O) groups excluding carboxylic acids is 1. The SMILES string of the molecule is CCCCCCCCCC/C=C\CCCCCCCCCCCCCC(=O)NC(COP(=O)(O)OCC[N+](C)(C)C)C(O)/C=C/CCCCCCCCCCCCCCCCCCCCCCCC.